The fraction of sp³-hybridized carbons (Fsp3) is 0.143. The van der Waals surface area contributed by atoms with Crippen LogP contribution in [0, 0.1) is 0 Å². The lowest BCUT2D eigenvalue weighted by Crippen LogP contribution is -2.27. The monoisotopic (exact) mass is 273 g/mol. The van der Waals surface area contributed by atoms with E-state index in [-0.39, 0.29) is 12.5 Å². The molecule has 1 aromatic carbocycles. The highest BCUT2D eigenvalue weighted by atomic mass is 32.1. The van der Waals surface area contributed by atoms with E-state index in [4.69, 9.17) is 0 Å². The number of nitrogens with one attached hydrogen (secondary N) is 2. The summed E-state index contributed by atoms with van der Waals surface area (Å²) < 4.78 is 0. The summed E-state index contributed by atoms with van der Waals surface area (Å²) in [6.45, 7) is 4.48. The van der Waals surface area contributed by atoms with Crippen molar-refractivity contribution in [1.82, 2.24) is 10.3 Å². The van der Waals surface area contributed by atoms with Gasteiger partial charge in [0.15, 0.2) is 0 Å². The van der Waals surface area contributed by atoms with Gasteiger partial charge in [-0.2, -0.15) is 0 Å². The number of benzene rings is 1. The molecule has 0 aliphatic heterocycles. The Morgan fingerprint density at radius 1 is 1.37 bits per heavy atom. The second kappa shape index (κ2) is 6.82. The Morgan fingerprint density at radius 3 is 2.79 bits per heavy atom. The van der Waals surface area contributed by atoms with Gasteiger partial charge >= 0.3 is 0 Å². The molecule has 0 bridgehead atoms. The molecule has 0 aliphatic rings. The number of thiazole rings is 1. The molecular formula is C14H15N3OS. The molecule has 0 saturated heterocycles. The van der Waals surface area contributed by atoms with Crippen molar-refractivity contribution >= 4 is 22.9 Å². The molecule has 98 valence electrons. The summed E-state index contributed by atoms with van der Waals surface area (Å²) in [7, 11) is 0. The second-order valence-electron chi connectivity index (χ2n) is 3.88. The van der Waals surface area contributed by atoms with Gasteiger partial charge < -0.3 is 10.6 Å². The molecule has 0 aliphatic carbocycles. The fourth-order valence-corrected chi connectivity index (χ4v) is 2.20. The molecule has 19 heavy (non-hydrogen) atoms. The van der Waals surface area contributed by atoms with E-state index in [2.05, 4.69) is 22.2 Å². The molecule has 0 unspecified atom stereocenters. The van der Waals surface area contributed by atoms with Crippen molar-refractivity contribution in [3.05, 3.63) is 48.5 Å². The van der Waals surface area contributed by atoms with Crippen LogP contribution in [0.25, 0.3) is 10.6 Å². The Kier molecular flexibility index (Phi) is 4.83. The minimum atomic E-state index is -0.0659. The topological polar surface area (TPSA) is 54.0 Å². The average Bonchev–Trinajstić information content (AvgIpc) is 2.94. The second-order valence-corrected chi connectivity index (χ2v) is 4.78. The minimum Gasteiger partial charge on any atom is -0.325 e. The number of carbonyl (C=O) groups excluding carboxylic acids is 1. The lowest BCUT2D eigenvalue weighted by molar-refractivity contribution is -0.115. The van der Waals surface area contributed by atoms with E-state index >= 15 is 0 Å². The molecule has 5 heteroatoms. The van der Waals surface area contributed by atoms with E-state index in [1.807, 2.05) is 29.6 Å². The van der Waals surface area contributed by atoms with Gasteiger partial charge in [0.1, 0.15) is 5.01 Å². The Morgan fingerprint density at radius 2 is 2.16 bits per heavy atom. The third kappa shape index (κ3) is 4.01. The molecule has 0 fully saturated rings. The maximum atomic E-state index is 11.6. The molecule has 2 rings (SSSR count). The molecule has 0 spiro atoms. The summed E-state index contributed by atoms with van der Waals surface area (Å²) in [5.41, 5.74) is 1.84. The first-order valence-corrected chi connectivity index (χ1v) is 6.79. The van der Waals surface area contributed by atoms with Crippen LogP contribution in [-0.2, 0) is 4.79 Å². The maximum Gasteiger partial charge on any atom is 0.238 e. The van der Waals surface area contributed by atoms with Crippen LogP contribution >= 0.6 is 11.3 Å². The van der Waals surface area contributed by atoms with Crippen molar-refractivity contribution < 1.29 is 4.79 Å². The van der Waals surface area contributed by atoms with Crippen LogP contribution in [0.4, 0.5) is 5.69 Å². The van der Waals surface area contributed by atoms with Crippen LogP contribution in [0.5, 0.6) is 0 Å². The predicted octanol–water partition coefficient (Wildman–Crippen LogP) is 2.52. The molecule has 4 nitrogen and oxygen atoms in total. The highest BCUT2D eigenvalue weighted by molar-refractivity contribution is 7.13. The maximum absolute atomic E-state index is 11.6. The number of nitrogens with zero attached hydrogens (tertiary/aromatic N) is 1. The predicted molar refractivity (Wildman–Crippen MR) is 79.2 cm³/mol. The molecule has 0 radical (unpaired) electrons. The van der Waals surface area contributed by atoms with E-state index in [1.165, 1.54) is 0 Å². The van der Waals surface area contributed by atoms with E-state index in [9.17, 15) is 4.79 Å². The van der Waals surface area contributed by atoms with Crippen LogP contribution in [0.3, 0.4) is 0 Å². The van der Waals surface area contributed by atoms with Crippen LogP contribution < -0.4 is 10.6 Å². The van der Waals surface area contributed by atoms with Crippen molar-refractivity contribution in [2.75, 3.05) is 18.4 Å². The molecule has 1 amide bonds. The summed E-state index contributed by atoms with van der Waals surface area (Å²) in [5, 5.41) is 8.69. The van der Waals surface area contributed by atoms with E-state index < -0.39 is 0 Å². The molecule has 2 aromatic rings. The standard InChI is InChI=1S/C14H15N3OS/c1-2-7-15-10-13(18)17-12-5-3-11(4-6-12)14-16-8-9-19-14/h2-6,8-9,15H,1,7,10H2,(H,17,18). The number of rotatable bonds is 6. The first-order valence-electron chi connectivity index (χ1n) is 5.91. The summed E-state index contributed by atoms with van der Waals surface area (Å²) in [6.07, 6.45) is 3.50. The number of amides is 1. The highest BCUT2D eigenvalue weighted by Gasteiger charge is 2.03. The van der Waals surface area contributed by atoms with Gasteiger partial charge in [-0.25, -0.2) is 4.98 Å². The highest BCUT2D eigenvalue weighted by Crippen LogP contribution is 2.23. The molecular weight excluding hydrogens is 258 g/mol. The lowest BCUT2D eigenvalue weighted by Gasteiger charge is -2.06. The first kappa shape index (κ1) is 13.5. The molecule has 0 saturated carbocycles. The zero-order valence-corrected chi connectivity index (χ0v) is 11.2. The van der Waals surface area contributed by atoms with Gasteiger partial charge in [-0.15, -0.1) is 17.9 Å². The SMILES string of the molecule is C=CCNCC(=O)Nc1ccc(-c2nccs2)cc1. The lowest BCUT2D eigenvalue weighted by atomic mass is 10.2. The third-order valence-electron chi connectivity index (χ3n) is 2.42. The van der Waals surface area contributed by atoms with Gasteiger partial charge in [-0.1, -0.05) is 6.08 Å². The number of anilines is 1. The van der Waals surface area contributed by atoms with Gasteiger partial charge in [0.05, 0.1) is 6.54 Å². The molecule has 1 heterocycles. The van der Waals surface area contributed by atoms with Gasteiger partial charge in [0.25, 0.3) is 0 Å². The van der Waals surface area contributed by atoms with E-state index in [0.29, 0.717) is 6.54 Å². The summed E-state index contributed by atoms with van der Waals surface area (Å²) in [6, 6.07) is 7.65. The van der Waals surface area contributed by atoms with E-state index in [1.54, 1.807) is 23.6 Å². The number of hydrogen-bond donors (Lipinski definition) is 2. The Hall–Kier alpha value is -1.98. The van der Waals surface area contributed by atoms with Crippen LogP contribution in [-0.4, -0.2) is 24.0 Å². The number of hydrogen-bond acceptors (Lipinski definition) is 4. The Balaban J connectivity index is 1.92. The van der Waals surface area contributed by atoms with Gasteiger partial charge in [0.2, 0.25) is 5.91 Å². The quantitative estimate of drug-likeness (QED) is 0.628. The number of carbonyl (C=O) groups is 1. The van der Waals surface area contributed by atoms with Gasteiger partial charge in [-0.05, 0) is 24.3 Å². The van der Waals surface area contributed by atoms with Crippen molar-refractivity contribution in [3.8, 4) is 10.6 Å². The van der Waals surface area contributed by atoms with E-state index in [0.717, 1.165) is 16.3 Å². The van der Waals surface area contributed by atoms with Crippen molar-refractivity contribution in [2.24, 2.45) is 0 Å². The summed E-state index contributed by atoms with van der Waals surface area (Å²) >= 11 is 1.59. The van der Waals surface area contributed by atoms with Crippen molar-refractivity contribution in [2.45, 2.75) is 0 Å². The third-order valence-corrected chi connectivity index (χ3v) is 3.24. The van der Waals surface area contributed by atoms with Crippen LogP contribution in [0.15, 0.2) is 48.5 Å². The van der Waals surface area contributed by atoms with Crippen LogP contribution in [0.2, 0.25) is 0 Å². The average molecular weight is 273 g/mol. The summed E-state index contributed by atoms with van der Waals surface area (Å²) in [4.78, 5) is 15.8. The zero-order chi connectivity index (χ0) is 13.5. The number of aromatic nitrogens is 1. The largest absolute Gasteiger partial charge is 0.325 e. The van der Waals surface area contributed by atoms with Crippen molar-refractivity contribution in [3.63, 3.8) is 0 Å². The smallest absolute Gasteiger partial charge is 0.238 e. The fourth-order valence-electron chi connectivity index (χ4n) is 1.56. The Bertz CT molecular complexity index is 534. The molecule has 0 atom stereocenters. The van der Waals surface area contributed by atoms with Gasteiger partial charge in [0, 0.05) is 29.4 Å². The first-order chi connectivity index (χ1) is 9.29. The minimum absolute atomic E-state index is 0.0659. The normalized spacial score (nSPS) is 10.1. The Labute approximate surface area is 116 Å². The summed E-state index contributed by atoms with van der Waals surface area (Å²) in [5.74, 6) is -0.0659. The van der Waals surface area contributed by atoms with Crippen molar-refractivity contribution in [1.29, 1.82) is 0 Å². The zero-order valence-electron chi connectivity index (χ0n) is 10.4. The molecule has 1 aromatic heterocycles. The van der Waals surface area contributed by atoms with Crippen LogP contribution in [0.1, 0.15) is 0 Å². The molecule has 2 N–H and O–H groups in total. The van der Waals surface area contributed by atoms with Gasteiger partial charge in [-0.3, -0.25) is 4.79 Å².